The standard InChI is InChI=1S/C14H20Cl2N2/c1-10-7-13(16)14(8-12(10)15)17-9-11-5-3-4-6-18(11)2/h7-8,11,17H,3-6,9H2,1-2H3. The number of benzene rings is 1. The van der Waals surface area contributed by atoms with Crippen LogP contribution in [0.3, 0.4) is 0 Å². The minimum atomic E-state index is 0.592. The second-order valence-electron chi connectivity index (χ2n) is 5.09. The lowest BCUT2D eigenvalue weighted by atomic mass is 10.0. The molecular weight excluding hydrogens is 267 g/mol. The number of nitrogens with zero attached hydrogens (tertiary/aromatic N) is 1. The van der Waals surface area contributed by atoms with E-state index in [2.05, 4.69) is 17.3 Å². The highest BCUT2D eigenvalue weighted by atomic mass is 35.5. The maximum Gasteiger partial charge on any atom is 0.0641 e. The molecule has 1 unspecified atom stereocenters. The van der Waals surface area contributed by atoms with Gasteiger partial charge in [0.2, 0.25) is 0 Å². The highest BCUT2D eigenvalue weighted by Gasteiger charge is 2.18. The summed E-state index contributed by atoms with van der Waals surface area (Å²) >= 11 is 12.3. The molecule has 1 aromatic carbocycles. The van der Waals surface area contributed by atoms with Crippen LogP contribution in [-0.4, -0.2) is 31.1 Å². The average Bonchev–Trinajstić information content (AvgIpc) is 2.34. The molecule has 1 atom stereocenters. The molecule has 2 rings (SSSR count). The van der Waals surface area contributed by atoms with Crippen molar-refractivity contribution in [2.45, 2.75) is 32.2 Å². The van der Waals surface area contributed by atoms with E-state index in [1.165, 1.54) is 25.8 Å². The molecule has 0 aliphatic carbocycles. The minimum Gasteiger partial charge on any atom is -0.382 e. The molecular formula is C14H20Cl2N2. The van der Waals surface area contributed by atoms with Crippen LogP contribution >= 0.6 is 23.2 Å². The van der Waals surface area contributed by atoms with Crippen LogP contribution in [0.25, 0.3) is 0 Å². The Kier molecular flexibility index (Phi) is 4.77. The third-order valence-corrected chi connectivity index (χ3v) is 4.42. The lowest BCUT2D eigenvalue weighted by molar-refractivity contribution is 0.194. The molecule has 0 saturated carbocycles. The maximum absolute atomic E-state index is 6.22. The molecule has 0 spiro atoms. The summed E-state index contributed by atoms with van der Waals surface area (Å²) in [5, 5.41) is 4.93. The maximum atomic E-state index is 6.22. The van der Waals surface area contributed by atoms with Gasteiger partial charge in [0.1, 0.15) is 0 Å². The Bertz CT molecular complexity index is 421. The van der Waals surface area contributed by atoms with Crippen molar-refractivity contribution in [2.75, 3.05) is 25.5 Å². The number of anilines is 1. The van der Waals surface area contributed by atoms with Crippen molar-refractivity contribution in [2.24, 2.45) is 0 Å². The van der Waals surface area contributed by atoms with Crippen molar-refractivity contribution >= 4 is 28.9 Å². The van der Waals surface area contributed by atoms with Gasteiger partial charge in [-0.15, -0.1) is 0 Å². The van der Waals surface area contributed by atoms with Crippen molar-refractivity contribution in [1.29, 1.82) is 0 Å². The van der Waals surface area contributed by atoms with Crippen molar-refractivity contribution in [1.82, 2.24) is 4.90 Å². The van der Waals surface area contributed by atoms with Gasteiger partial charge in [-0.25, -0.2) is 0 Å². The molecule has 0 aromatic heterocycles. The Labute approximate surface area is 119 Å². The molecule has 0 radical (unpaired) electrons. The molecule has 1 aliphatic heterocycles. The van der Waals surface area contributed by atoms with Gasteiger partial charge in [-0.2, -0.15) is 0 Å². The van der Waals surface area contributed by atoms with Gasteiger partial charge in [0, 0.05) is 17.6 Å². The van der Waals surface area contributed by atoms with Crippen molar-refractivity contribution in [3.8, 4) is 0 Å². The molecule has 1 aromatic rings. The number of hydrogen-bond donors (Lipinski definition) is 1. The summed E-state index contributed by atoms with van der Waals surface area (Å²) in [7, 11) is 2.19. The van der Waals surface area contributed by atoms with Gasteiger partial charge >= 0.3 is 0 Å². The first-order chi connectivity index (χ1) is 8.58. The smallest absolute Gasteiger partial charge is 0.0641 e. The number of hydrogen-bond acceptors (Lipinski definition) is 2. The Morgan fingerprint density at radius 3 is 2.78 bits per heavy atom. The van der Waals surface area contributed by atoms with Gasteiger partial charge < -0.3 is 10.2 Å². The van der Waals surface area contributed by atoms with Crippen LogP contribution in [0.4, 0.5) is 5.69 Å². The number of likely N-dealkylation sites (N-methyl/N-ethyl adjacent to an activating group) is 1. The van der Waals surface area contributed by atoms with Gasteiger partial charge in [0.25, 0.3) is 0 Å². The molecule has 1 fully saturated rings. The van der Waals surface area contributed by atoms with Crippen LogP contribution in [0.1, 0.15) is 24.8 Å². The van der Waals surface area contributed by atoms with Gasteiger partial charge in [-0.3, -0.25) is 0 Å². The molecule has 0 amide bonds. The Balaban J connectivity index is 1.99. The van der Waals surface area contributed by atoms with Crippen LogP contribution in [-0.2, 0) is 0 Å². The fourth-order valence-electron chi connectivity index (χ4n) is 2.41. The number of halogens is 2. The summed E-state index contributed by atoms with van der Waals surface area (Å²) in [4.78, 5) is 2.42. The van der Waals surface area contributed by atoms with E-state index in [-0.39, 0.29) is 0 Å². The zero-order valence-corrected chi connectivity index (χ0v) is 12.5. The molecule has 1 heterocycles. The van der Waals surface area contributed by atoms with Crippen molar-refractivity contribution in [3.63, 3.8) is 0 Å². The summed E-state index contributed by atoms with van der Waals surface area (Å²) in [5.41, 5.74) is 1.95. The molecule has 1 saturated heterocycles. The Morgan fingerprint density at radius 1 is 1.28 bits per heavy atom. The van der Waals surface area contributed by atoms with E-state index < -0.39 is 0 Å². The summed E-state index contributed by atoms with van der Waals surface area (Å²) in [6.45, 7) is 4.08. The summed E-state index contributed by atoms with van der Waals surface area (Å²) < 4.78 is 0. The fourth-order valence-corrected chi connectivity index (χ4v) is 2.86. The van der Waals surface area contributed by atoms with Gasteiger partial charge in [0.05, 0.1) is 10.7 Å². The normalized spacial score (nSPS) is 21.0. The molecule has 100 valence electrons. The largest absolute Gasteiger partial charge is 0.382 e. The second-order valence-corrected chi connectivity index (χ2v) is 5.91. The zero-order valence-electron chi connectivity index (χ0n) is 11.0. The Hall–Kier alpha value is -0.440. The van der Waals surface area contributed by atoms with Crippen LogP contribution in [0, 0.1) is 6.92 Å². The van der Waals surface area contributed by atoms with E-state index in [0.29, 0.717) is 6.04 Å². The number of rotatable bonds is 3. The molecule has 1 N–H and O–H groups in total. The lowest BCUT2D eigenvalue weighted by Gasteiger charge is -2.32. The van der Waals surface area contributed by atoms with Crippen LogP contribution in [0.5, 0.6) is 0 Å². The predicted octanol–water partition coefficient (Wildman–Crippen LogP) is 4.20. The molecule has 2 nitrogen and oxygen atoms in total. The fraction of sp³-hybridized carbons (Fsp3) is 0.571. The van der Waals surface area contributed by atoms with E-state index in [1.807, 2.05) is 19.1 Å². The van der Waals surface area contributed by atoms with Crippen LogP contribution in [0.15, 0.2) is 12.1 Å². The molecule has 4 heteroatoms. The zero-order chi connectivity index (χ0) is 13.1. The van der Waals surface area contributed by atoms with Gasteiger partial charge in [-0.1, -0.05) is 29.6 Å². The topological polar surface area (TPSA) is 15.3 Å². The number of likely N-dealkylation sites (tertiary alicyclic amines) is 1. The second kappa shape index (κ2) is 6.14. The first-order valence-corrected chi connectivity index (χ1v) is 7.23. The van der Waals surface area contributed by atoms with Crippen molar-refractivity contribution < 1.29 is 0 Å². The Morgan fingerprint density at radius 2 is 2.06 bits per heavy atom. The number of nitrogens with one attached hydrogen (secondary N) is 1. The van der Waals surface area contributed by atoms with E-state index in [4.69, 9.17) is 23.2 Å². The van der Waals surface area contributed by atoms with E-state index in [9.17, 15) is 0 Å². The highest BCUT2D eigenvalue weighted by Crippen LogP contribution is 2.29. The van der Waals surface area contributed by atoms with E-state index in [0.717, 1.165) is 27.8 Å². The number of aryl methyl sites for hydroxylation is 1. The predicted molar refractivity (Wildman–Crippen MR) is 80.0 cm³/mol. The summed E-state index contributed by atoms with van der Waals surface area (Å²) in [5.74, 6) is 0. The minimum absolute atomic E-state index is 0.592. The SMILES string of the molecule is Cc1cc(Cl)c(NCC2CCCCN2C)cc1Cl. The first kappa shape index (κ1) is 14.0. The van der Waals surface area contributed by atoms with Crippen LogP contribution < -0.4 is 5.32 Å². The lowest BCUT2D eigenvalue weighted by Crippen LogP contribution is -2.40. The van der Waals surface area contributed by atoms with Crippen LogP contribution in [0.2, 0.25) is 10.0 Å². The van der Waals surface area contributed by atoms with E-state index in [1.54, 1.807) is 0 Å². The summed E-state index contributed by atoms with van der Waals surface area (Å²) in [6, 6.07) is 4.42. The van der Waals surface area contributed by atoms with E-state index >= 15 is 0 Å². The molecule has 18 heavy (non-hydrogen) atoms. The quantitative estimate of drug-likeness (QED) is 0.896. The summed E-state index contributed by atoms with van der Waals surface area (Å²) in [6.07, 6.45) is 3.88. The third kappa shape index (κ3) is 3.31. The average molecular weight is 287 g/mol. The van der Waals surface area contributed by atoms with Crippen molar-refractivity contribution in [3.05, 3.63) is 27.7 Å². The first-order valence-electron chi connectivity index (χ1n) is 6.47. The molecule has 0 bridgehead atoms. The highest BCUT2D eigenvalue weighted by molar-refractivity contribution is 6.35. The van der Waals surface area contributed by atoms with Gasteiger partial charge in [0.15, 0.2) is 0 Å². The third-order valence-electron chi connectivity index (χ3n) is 3.70. The molecule has 1 aliphatic rings. The number of piperidine rings is 1. The van der Waals surface area contributed by atoms with Gasteiger partial charge in [-0.05, 0) is 51.1 Å². The monoisotopic (exact) mass is 286 g/mol.